The van der Waals surface area contributed by atoms with Crippen LogP contribution in [0.25, 0.3) is 0 Å². The van der Waals surface area contributed by atoms with Crippen LogP contribution in [-0.2, 0) is 11.4 Å². The van der Waals surface area contributed by atoms with Crippen molar-refractivity contribution in [3.8, 4) is 11.5 Å². The van der Waals surface area contributed by atoms with Gasteiger partial charge in [-0.2, -0.15) is 5.10 Å². The molecule has 0 radical (unpaired) electrons. The van der Waals surface area contributed by atoms with Crippen LogP contribution in [0.3, 0.4) is 0 Å². The van der Waals surface area contributed by atoms with Crippen LogP contribution in [0.4, 0.5) is 0 Å². The van der Waals surface area contributed by atoms with E-state index in [1.807, 2.05) is 30.3 Å². The minimum Gasteiger partial charge on any atom is -0.493 e. The van der Waals surface area contributed by atoms with E-state index in [4.69, 9.17) is 21.1 Å². The minimum absolute atomic E-state index is 0.0709. The molecule has 0 spiro atoms. The van der Waals surface area contributed by atoms with Crippen LogP contribution in [0.2, 0.25) is 5.02 Å². The summed E-state index contributed by atoms with van der Waals surface area (Å²) in [5.41, 5.74) is 1.65. The SMILES string of the molecule is COc1cc(/C=N\N=C2/NC(=O)CS2)cc(Br)c1OCc1ccccc1Cl. The highest BCUT2D eigenvalue weighted by molar-refractivity contribution is 9.10. The van der Waals surface area contributed by atoms with Crippen molar-refractivity contribution >= 4 is 56.6 Å². The van der Waals surface area contributed by atoms with Crippen molar-refractivity contribution in [1.29, 1.82) is 0 Å². The zero-order valence-corrected chi connectivity index (χ0v) is 17.4. The Hall–Kier alpha value is -2.03. The third-order valence-corrected chi connectivity index (χ3v) is 5.34. The van der Waals surface area contributed by atoms with Crippen LogP contribution in [-0.4, -0.2) is 30.2 Å². The zero-order valence-electron chi connectivity index (χ0n) is 14.2. The van der Waals surface area contributed by atoms with Crippen molar-refractivity contribution in [3.05, 3.63) is 57.0 Å². The Labute approximate surface area is 174 Å². The Morgan fingerprint density at radius 3 is 2.89 bits per heavy atom. The van der Waals surface area contributed by atoms with Gasteiger partial charge in [0.2, 0.25) is 5.91 Å². The highest BCUT2D eigenvalue weighted by Crippen LogP contribution is 2.37. The van der Waals surface area contributed by atoms with Crippen molar-refractivity contribution in [2.24, 2.45) is 10.2 Å². The predicted octanol–water partition coefficient (Wildman–Crippen LogP) is 4.24. The molecule has 9 heteroatoms. The number of amides is 1. The maximum atomic E-state index is 11.1. The second-order valence-electron chi connectivity index (χ2n) is 5.40. The number of carbonyl (C=O) groups excluding carboxylic acids is 1. The van der Waals surface area contributed by atoms with Gasteiger partial charge >= 0.3 is 0 Å². The molecule has 2 aromatic carbocycles. The van der Waals surface area contributed by atoms with Gasteiger partial charge in [0.05, 0.1) is 23.5 Å². The van der Waals surface area contributed by atoms with E-state index in [9.17, 15) is 4.79 Å². The van der Waals surface area contributed by atoms with Crippen molar-refractivity contribution in [2.45, 2.75) is 6.61 Å². The average molecular weight is 469 g/mol. The summed E-state index contributed by atoms with van der Waals surface area (Å²) in [4.78, 5) is 11.1. The number of amidine groups is 1. The number of nitrogens with one attached hydrogen (secondary N) is 1. The molecule has 0 unspecified atom stereocenters. The number of thioether (sulfide) groups is 1. The van der Waals surface area contributed by atoms with Crippen molar-refractivity contribution in [3.63, 3.8) is 0 Å². The Balaban J connectivity index is 1.75. The van der Waals surface area contributed by atoms with E-state index in [0.717, 1.165) is 11.1 Å². The molecule has 2 aromatic rings. The molecule has 0 aromatic heterocycles. The van der Waals surface area contributed by atoms with Gasteiger partial charge < -0.3 is 14.8 Å². The molecular weight excluding hydrogens is 454 g/mol. The molecule has 0 saturated carbocycles. The maximum Gasteiger partial charge on any atom is 0.236 e. The van der Waals surface area contributed by atoms with Gasteiger partial charge in [0, 0.05) is 10.6 Å². The van der Waals surface area contributed by atoms with Gasteiger partial charge in [0.1, 0.15) is 6.61 Å². The average Bonchev–Trinajstić information content (AvgIpc) is 3.07. The van der Waals surface area contributed by atoms with E-state index in [2.05, 4.69) is 31.4 Å². The van der Waals surface area contributed by atoms with Crippen LogP contribution in [0.5, 0.6) is 11.5 Å². The molecule has 1 saturated heterocycles. The molecule has 1 heterocycles. The van der Waals surface area contributed by atoms with Crippen LogP contribution in [0.1, 0.15) is 11.1 Å². The highest BCUT2D eigenvalue weighted by atomic mass is 79.9. The number of hydrogen-bond acceptors (Lipinski definition) is 6. The monoisotopic (exact) mass is 467 g/mol. The van der Waals surface area contributed by atoms with E-state index in [0.29, 0.717) is 38.5 Å². The topological polar surface area (TPSA) is 72.3 Å². The number of ether oxygens (including phenoxy) is 2. The standard InChI is InChI=1S/C18H15BrClN3O3S/c1-25-15-7-11(8-21-23-18-22-16(24)10-27-18)6-13(19)17(15)26-9-12-4-2-3-5-14(12)20/h2-8H,9-10H2,1H3,(H,22,23,24)/b21-8-. The number of halogens is 2. The molecule has 1 aliphatic heterocycles. The first kappa shape index (κ1) is 19.7. The van der Waals surface area contributed by atoms with Gasteiger partial charge in [-0.15, -0.1) is 5.10 Å². The van der Waals surface area contributed by atoms with Crippen LogP contribution in [0, 0.1) is 0 Å². The molecule has 1 N–H and O–H groups in total. The van der Waals surface area contributed by atoms with E-state index >= 15 is 0 Å². The number of carbonyl (C=O) groups is 1. The molecule has 0 bridgehead atoms. The summed E-state index contributed by atoms with van der Waals surface area (Å²) in [6, 6.07) is 11.1. The van der Waals surface area contributed by atoms with E-state index in [1.54, 1.807) is 19.4 Å². The molecule has 1 aliphatic rings. The Morgan fingerprint density at radius 1 is 1.37 bits per heavy atom. The van der Waals surface area contributed by atoms with Crippen molar-refractivity contribution in [1.82, 2.24) is 5.32 Å². The summed E-state index contributed by atoms with van der Waals surface area (Å²) >= 11 is 11.0. The quantitative estimate of drug-likeness (QED) is 0.508. The van der Waals surface area contributed by atoms with E-state index in [-0.39, 0.29) is 5.91 Å². The lowest BCUT2D eigenvalue weighted by Crippen LogP contribution is -2.19. The fraction of sp³-hybridized carbons (Fsp3) is 0.167. The van der Waals surface area contributed by atoms with Gasteiger partial charge in [-0.25, -0.2) is 0 Å². The smallest absolute Gasteiger partial charge is 0.236 e. The van der Waals surface area contributed by atoms with E-state index in [1.165, 1.54) is 11.8 Å². The van der Waals surface area contributed by atoms with Crippen LogP contribution >= 0.6 is 39.3 Å². The van der Waals surface area contributed by atoms with Crippen molar-refractivity contribution in [2.75, 3.05) is 12.9 Å². The molecule has 0 aliphatic carbocycles. The molecule has 27 heavy (non-hydrogen) atoms. The van der Waals surface area contributed by atoms with Gasteiger partial charge in [-0.1, -0.05) is 41.6 Å². The van der Waals surface area contributed by atoms with Crippen LogP contribution in [0.15, 0.2) is 51.1 Å². The third-order valence-electron chi connectivity index (χ3n) is 3.52. The largest absolute Gasteiger partial charge is 0.493 e. The molecule has 6 nitrogen and oxygen atoms in total. The Kier molecular flexibility index (Phi) is 6.76. The Bertz CT molecular complexity index is 921. The van der Waals surface area contributed by atoms with Gasteiger partial charge in [0.25, 0.3) is 0 Å². The first-order chi connectivity index (χ1) is 13.1. The zero-order chi connectivity index (χ0) is 19.2. The number of benzene rings is 2. The third kappa shape index (κ3) is 5.24. The highest BCUT2D eigenvalue weighted by Gasteiger charge is 2.16. The molecule has 0 atom stereocenters. The maximum absolute atomic E-state index is 11.1. The fourth-order valence-corrected chi connectivity index (χ4v) is 3.64. The molecular formula is C18H15BrClN3O3S. The number of rotatable bonds is 6. The van der Waals surface area contributed by atoms with Crippen molar-refractivity contribution < 1.29 is 14.3 Å². The molecule has 1 fully saturated rings. The summed E-state index contributed by atoms with van der Waals surface area (Å²) in [6.07, 6.45) is 1.57. The van der Waals surface area contributed by atoms with Gasteiger partial charge in [-0.3, -0.25) is 4.79 Å². The van der Waals surface area contributed by atoms with Gasteiger partial charge in [-0.05, 0) is 39.7 Å². The minimum atomic E-state index is -0.0709. The first-order valence-corrected chi connectivity index (χ1v) is 10.00. The lowest BCUT2D eigenvalue weighted by atomic mass is 10.2. The van der Waals surface area contributed by atoms with Crippen LogP contribution < -0.4 is 14.8 Å². The summed E-state index contributed by atoms with van der Waals surface area (Å²) < 4.78 is 12.0. The van der Waals surface area contributed by atoms with Gasteiger partial charge in [0.15, 0.2) is 16.7 Å². The first-order valence-electron chi connectivity index (χ1n) is 7.84. The summed E-state index contributed by atoms with van der Waals surface area (Å²) in [7, 11) is 1.57. The fourth-order valence-electron chi connectivity index (χ4n) is 2.25. The molecule has 3 rings (SSSR count). The second kappa shape index (κ2) is 9.25. The summed E-state index contributed by atoms with van der Waals surface area (Å²) in [5.74, 6) is 1.41. The molecule has 1 amide bonds. The lowest BCUT2D eigenvalue weighted by Gasteiger charge is -2.14. The molecule has 140 valence electrons. The Morgan fingerprint density at radius 2 is 2.19 bits per heavy atom. The number of hydrogen-bond donors (Lipinski definition) is 1. The lowest BCUT2D eigenvalue weighted by molar-refractivity contribution is -0.116. The number of nitrogens with zero attached hydrogens (tertiary/aromatic N) is 2. The second-order valence-corrected chi connectivity index (χ2v) is 7.63. The summed E-state index contributed by atoms with van der Waals surface area (Å²) in [5, 5.41) is 11.7. The normalized spacial score (nSPS) is 15.4. The predicted molar refractivity (Wildman–Crippen MR) is 112 cm³/mol. The number of methoxy groups -OCH3 is 1. The summed E-state index contributed by atoms with van der Waals surface area (Å²) in [6.45, 7) is 0.312. The van der Waals surface area contributed by atoms with E-state index < -0.39 is 0 Å².